The van der Waals surface area contributed by atoms with E-state index in [1.165, 1.54) is 18.6 Å². The molecule has 3 unspecified atom stereocenters. The Bertz CT molecular complexity index is 532. The number of aliphatic hydroxyl groups excluding tert-OH is 1. The molecule has 0 aromatic heterocycles. The second-order valence-electron chi connectivity index (χ2n) is 6.86. The van der Waals surface area contributed by atoms with E-state index in [0.717, 1.165) is 19.4 Å². The number of likely N-dealkylation sites (tertiary alicyclic amines) is 1. The van der Waals surface area contributed by atoms with Crippen LogP contribution in [0.2, 0.25) is 0 Å². The summed E-state index contributed by atoms with van der Waals surface area (Å²) in [5.74, 6) is 0.261. The minimum atomic E-state index is -0.722. The predicted octanol–water partition coefficient (Wildman–Crippen LogP) is 3.27. The lowest BCUT2D eigenvalue weighted by molar-refractivity contribution is -0.101. The fourth-order valence-electron chi connectivity index (χ4n) is 3.85. The molecule has 1 aromatic carbocycles. The summed E-state index contributed by atoms with van der Waals surface area (Å²) in [6.45, 7) is 7.17. The summed E-state index contributed by atoms with van der Waals surface area (Å²) in [5, 5.41) is 10.9. The molecule has 116 valence electrons. The summed E-state index contributed by atoms with van der Waals surface area (Å²) in [7, 11) is 0. The van der Waals surface area contributed by atoms with Gasteiger partial charge in [0.1, 0.15) is 23.3 Å². The Hall–Kier alpha value is -1.13. The van der Waals surface area contributed by atoms with Gasteiger partial charge in [0.15, 0.2) is 0 Å². The lowest BCUT2D eigenvalue weighted by atomic mass is 9.83. The molecule has 2 aliphatic rings. The summed E-state index contributed by atoms with van der Waals surface area (Å²) in [6, 6.07) is 4.66. The van der Waals surface area contributed by atoms with Crippen LogP contribution in [0.15, 0.2) is 18.2 Å². The first-order valence-corrected chi connectivity index (χ1v) is 7.82. The number of hydrogen-bond donors (Lipinski definition) is 1. The van der Waals surface area contributed by atoms with Gasteiger partial charge in [0, 0.05) is 11.6 Å². The number of nitrogens with zero attached hydrogens (tertiary/aromatic N) is 1. The van der Waals surface area contributed by atoms with Crippen molar-refractivity contribution in [3.05, 3.63) is 29.6 Å². The molecule has 21 heavy (non-hydrogen) atoms. The van der Waals surface area contributed by atoms with Crippen molar-refractivity contribution in [2.24, 2.45) is 0 Å². The summed E-state index contributed by atoms with van der Waals surface area (Å²) in [4.78, 5) is 2.34. The molecule has 3 rings (SSSR count). The van der Waals surface area contributed by atoms with Gasteiger partial charge in [0.25, 0.3) is 0 Å². The zero-order valence-corrected chi connectivity index (χ0v) is 13.0. The summed E-state index contributed by atoms with van der Waals surface area (Å²) >= 11 is 0. The van der Waals surface area contributed by atoms with Gasteiger partial charge in [-0.25, -0.2) is 4.39 Å². The van der Waals surface area contributed by atoms with E-state index < -0.39 is 11.7 Å². The van der Waals surface area contributed by atoms with E-state index in [9.17, 15) is 9.50 Å². The lowest BCUT2D eigenvalue weighted by Gasteiger charge is -2.51. The average Bonchev–Trinajstić information content (AvgIpc) is 2.41. The van der Waals surface area contributed by atoms with Crippen LogP contribution in [0.1, 0.15) is 51.7 Å². The molecule has 1 N–H and O–H groups in total. The van der Waals surface area contributed by atoms with Crippen molar-refractivity contribution in [2.45, 2.75) is 63.8 Å². The van der Waals surface area contributed by atoms with E-state index in [4.69, 9.17) is 4.74 Å². The fraction of sp³-hybridized carbons (Fsp3) is 0.647. The van der Waals surface area contributed by atoms with Gasteiger partial charge in [-0.1, -0.05) is 6.42 Å². The molecular weight excluding hydrogens is 269 g/mol. The molecule has 1 aromatic rings. The Kier molecular flexibility index (Phi) is 3.70. The SMILES string of the molecule is CC1CCCCN1C1C(O)c2cc(F)ccc2OC1(C)C. The molecule has 0 spiro atoms. The zero-order valence-electron chi connectivity index (χ0n) is 13.0. The molecule has 1 fully saturated rings. The van der Waals surface area contributed by atoms with Crippen LogP contribution < -0.4 is 4.74 Å². The second-order valence-corrected chi connectivity index (χ2v) is 6.86. The molecule has 3 nitrogen and oxygen atoms in total. The Morgan fingerprint density at radius 1 is 1.33 bits per heavy atom. The van der Waals surface area contributed by atoms with Crippen LogP contribution in [0.4, 0.5) is 4.39 Å². The third kappa shape index (κ3) is 2.55. The fourth-order valence-corrected chi connectivity index (χ4v) is 3.85. The molecule has 3 atom stereocenters. The molecule has 0 amide bonds. The maximum Gasteiger partial charge on any atom is 0.126 e. The first-order chi connectivity index (χ1) is 9.90. The van der Waals surface area contributed by atoms with E-state index in [-0.39, 0.29) is 11.9 Å². The number of halogens is 1. The van der Waals surface area contributed by atoms with Crippen LogP contribution in [-0.4, -0.2) is 34.2 Å². The zero-order chi connectivity index (χ0) is 15.2. The highest BCUT2D eigenvalue weighted by Crippen LogP contribution is 2.43. The summed E-state index contributed by atoms with van der Waals surface area (Å²) in [6.07, 6.45) is 2.78. The minimum Gasteiger partial charge on any atom is -0.486 e. The van der Waals surface area contributed by atoms with E-state index in [2.05, 4.69) is 11.8 Å². The van der Waals surface area contributed by atoms with Crippen molar-refractivity contribution in [3.63, 3.8) is 0 Å². The number of fused-ring (bicyclic) bond motifs is 1. The van der Waals surface area contributed by atoms with Gasteiger partial charge in [-0.3, -0.25) is 4.90 Å². The van der Waals surface area contributed by atoms with Crippen molar-refractivity contribution in [2.75, 3.05) is 6.54 Å². The summed E-state index contributed by atoms with van der Waals surface area (Å²) in [5.41, 5.74) is 0.0626. The van der Waals surface area contributed by atoms with Crippen LogP contribution in [0.25, 0.3) is 0 Å². The Balaban J connectivity index is 1.99. The lowest BCUT2D eigenvalue weighted by Crippen LogP contribution is -2.61. The number of ether oxygens (including phenoxy) is 1. The number of hydrogen-bond acceptors (Lipinski definition) is 3. The van der Waals surface area contributed by atoms with Crippen molar-refractivity contribution >= 4 is 0 Å². The summed E-state index contributed by atoms with van der Waals surface area (Å²) < 4.78 is 19.6. The van der Waals surface area contributed by atoms with E-state index in [1.54, 1.807) is 6.07 Å². The average molecular weight is 293 g/mol. The van der Waals surface area contributed by atoms with Crippen LogP contribution in [-0.2, 0) is 0 Å². The highest BCUT2D eigenvalue weighted by Gasteiger charge is 2.47. The van der Waals surface area contributed by atoms with Gasteiger partial charge in [0.05, 0.1) is 6.04 Å². The number of rotatable bonds is 1. The van der Waals surface area contributed by atoms with Crippen LogP contribution in [0, 0.1) is 5.82 Å². The van der Waals surface area contributed by atoms with Gasteiger partial charge in [0.2, 0.25) is 0 Å². The van der Waals surface area contributed by atoms with Gasteiger partial charge in [-0.2, -0.15) is 0 Å². The van der Waals surface area contributed by atoms with Crippen molar-refractivity contribution in [1.29, 1.82) is 0 Å². The van der Waals surface area contributed by atoms with E-state index in [0.29, 0.717) is 17.4 Å². The standard InChI is InChI=1S/C17H24FNO2/c1-11-6-4-5-9-19(11)16-15(20)13-10-12(18)7-8-14(13)21-17(16,2)3/h7-8,10-11,15-16,20H,4-6,9H2,1-3H3. The topological polar surface area (TPSA) is 32.7 Å². The van der Waals surface area contributed by atoms with Crippen molar-refractivity contribution in [3.8, 4) is 5.75 Å². The number of benzene rings is 1. The van der Waals surface area contributed by atoms with Crippen molar-refractivity contribution < 1.29 is 14.2 Å². The Labute approximate surface area is 125 Å². The van der Waals surface area contributed by atoms with Gasteiger partial charge < -0.3 is 9.84 Å². The van der Waals surface area contributed by atoms with Crippen LogP contribution >= 0.6 is 0 Å². The maximum absolute atomic E-state index is 13.5. The van der Waals surface area contributed by atoms with Crippen LogP contribution in [0.3, 0.4) is 0 Å². The smallest absolute Gasteiger partial charge is 0.126 e. The quantitative estimate of drug-likeness (QED) is 0.862. The highest BCUT2D eigenvalue weighted by atomic mass is 19.1. The van der Waals surface area contributed by atoms with E-state index in [1.807, 2.05) is 13.8 Å². The van der Waals surface area contributed by atoms with Crippen LogP contribution in [0.5, 0.6) is 5.75 Å². The molecule has 0 bridgehead atoms. The molecule has 1 saturated heterocycles. The highest BCUT2D eigenvalue weighted by molar-refractivity contribution is 5.40. The first-order valence-electron chi connectivity index (χ1n) is 7.82. The molecule has 0 saturated carbocycles. The number of aliphatic hydroxyl groups is 1. The Morgan fingerprint density at radius 3 is 2.81 bits per heavy atom. The largest absolute Gasteiger partial charge is 0.486 e. The monoisotopic (exact) mass is 293 g/mol. The maximum atomic E-state index is 13.5. The second kappa shape index (κ2) is 5.25. The molecular formula is C17H24FNO2. The van der Waals surface area contributed by atoms with Gasteiger partial charge in [-0.05, 0) is 58.4 Å². The third-order valence-electron chi connectivity index (χ3n) is 4.89. The van der Waals surface area contributed by atoms with Gasteiger partial charge >= 0.3 is 0 Å². The first kappa shape index (κ1) is 14.8. The molecule has 0 aliphatic carbocycles. The molecule has 0 radical (unpaired) electrons. The molecule has 2 aliphatic heterocycles. The molecule has 2 heterocycles. The Morgan fingerprint density at radius 2 is 2.10 bits per heavy atom. The normalized spacial score (nSPS) is 32.3. The van der Waals surface area contributed by atoms with Crippen molar-refractivity contribution in [1.82, 2.24) is 4.90 Å². The minimum absolute atomic E-state index is 0.151. The van der Waals surface area contributed by atoms with Gasteiger partial charge in [-0.15, -0.1) is 0 Å². The van der Waals surface area contributed by atoms with E-state index >= 15 is 0 Å². The number of piperidine rings is 1. The predicted molar refractivity (Wildman–Crippen MR) is 79.9 cm³/mol. The molecule has 4 heteroatoms. The third-order valence-corrected chi connectivity index (χ3v) is 4.89.